The summed E-state index contributed by atoms with van der Waals surface area (Å²) in [4.78, 5) is 0. The molecule has 0 saturated heterocycles. The summed E-state index contributed by atoms with van der Waals surface area (Å²) in [6, 6.07) is 4.40. The second kappa shape index (κ2) is 3.75. The minimum absolute atomic E-state index is 0.100. The number of hydrogen-bond donors (Lipinski definition) is 2. The molecule has 0 saturated carbocycles. The van der Waals surface area contributed by atoms with Crippen molar-refractivity contribution in [3.8, 4) is 5.75 Å². The van der Waals surface area contributed by atoms with E-state index < -0.39 is 10.1 Å². The number of hydrogen-bond acceptors (Lipinski definition) is 5. The molecule has 0 fully saturated rings. The molecule has 1 rings (SSSR count). The second-order valence-corrected chi connectivity index (χ2v) is 4.59. The van der Waals surface area contributed by atoms with Crippen LogP contribution in [0.4, 0.5) is 11.4 Å². The lowest BCUT2D eigenvalue weighted by Gasteiger charge is -2.07. The van der Waals surface area contributed by atoms with Gasteiger partial charge in [0.25, 0.3) is 0 Å². The molecule has 0 unspecified atom stereocenters. The Bertz CT molecular complexity index is 428. The van der Waals surface area contributed by atoms with Crippen LogP contribution in [0.15, 0.2) is 18.2 Å². The summed E-state index contributed by atoms with van der Waals surface area (Å²) in [5, 5.41) is 0. The van der Waals surface area contributed by atoms with Crippen LogP contribution >= 0.6 is 0 Å². The maximum absolute atomic E-state index is 11.1. The van der Waals surface area contributed by atoms with Gasteiger partial charge in [-0.05, 0) is 25.1 Å². The molecule has 14 heavy (non-hydrogen) atoms. The maximum atomic E-state index is 11.1. The number of nitrogens with two attached hydrogens (primary N) is 2. The first-order chi connectivity index (χ1) is 6.44. The standard InChI is InChI=1S/C8H12N2O3S/c1-2-14(11,12)13-8-4-3-6(9)5-7(8)10/h3-5H,2,9-10H2,1H3. The van der Waals surface area contributed by atoms with Crippen molar-refractivity contribution in [2.75, 3.05) is 17.2 Å². The monoisotopic (exact) mass is 216 g/mol. The highest BCUT2D eigenvalue weighted by molar-refractivity contribution is 7.87. The number of anilines is 2. The SMILES string of the molecule is CCS(=O)(=O)Oc1ccc(N)cc1N. The first-order valence-electron chi connectivity index (χ1n) is 4.02. The van der Waals surface area contributed by atoms with Gasteiger partial charge in [-0.1, -0.05) is 0 Å². The first kappa shape index (κ1) is 10.6. The van der Waals surface area contributed by atoms with E-state index >= 15 is 0 Å². The topological polar surface area (TPSA) is 95.4 Å². The van der Waals surface area contributed by atoms with Crippen LogP contribution in [0.3, 0.4) is 0 Å². The van der Waals surface area contributed by atoms with Crippen LogP contribution in [0.25, 0.3) is 0 Å². The smallest absolute Gasteiger partial charge is 0.308 e. The Kier molecular flexibility index (Phi) is 2.85. The summed E-state index contributed by atoms with van der Waals surface area (Å²) in [7, 11) is -3.53. The highest BCUT2D eigenvalue weighted by Crippen LogP contribution is 2.24. The van der Waals surface area contributed by atoms with Gasteiger partial charge in [0, 0.05) is 5.69 Å². The minimum atomic E-state index is -3.53. The molecule has 0 aromatic heterocycles. The van der Waals surface area contributed by atoms with Crippen LogP contribution < -0.4 is 15.7 Å². The van der Waals surface area contributed by atoms with Crippen LogP contribution in [0.1, 0.15) is 6.92 Å². The molecule has 78 valence electrons. The van der Waals surface area contributed by atoms with Crippen molar-refractivity contribution in [2.24, 2.45) is 0 Å². The van der Waals surface area contributed by atoms with Gasteiger partial charge in [-0.25, -0.2) is 0 Å². The molecule has 4 N–H and O–H groups in total. The molecule has 6 heteroatoms. The summed E-state index contributed by atoms with van der Waals surface area (Å²) in [6.45, 7) is 1.49. The van der Waals surface area contributed by atoms with Crippen molar-refractivity contribution in [2.45, 2.75) is 6.92 Å². The van der Waals surface area contributed by atoms with Crippen molar-refractivity contribution in [1.82, 2.24) is 0 Å². The third-order valence-corrected chi connectivity index (χ3v) is 2.74. The van der Waals surface area contributed by atoms with Gasteiger partial charge < -0.3 is 15.7 Å². The number of nitrogen functional groups attached to an aromatic ring is 2. The van der Waals surface area contributed by atoms with Gasteiger partial charge in [-0.3, -0.25) is 0 Å². The highest BCUT2D eigenvalue weighted by atomic mass is 32.2. The van der Waals surface area contributed by atoms with Gasteiger partial charge in [0.2, 0.25) is 0 Å². The Hall–Kier alpha value is -1.43. The molecule has 0 spiro atoms. The van der Waals surface area contributed by atoms with Crippen molar-refractivity contribution in [1.29, 1.82) is 0 Å². The fourth-order valence-electron chi connectivity index (χ4n) is 0.839. The second-order valence-electron chi connectivity index (χ2n) is 2.73. The third kappa shape index (κ3) is 2.53. The van der Waals surface area contributed by atoms with Crippen LogP contribution in [-0.2, 0) is 10.1 Å². The van der Waals surface area contributed by atoms with E-state index in [1.165, 1.54) is 25.1 Å². The molecule has 0 atom stereocenters. The molecule has 1 aromatic carbocycles. The van der Waals surface area contributed by atoms with Crippen molar-refractivity contribution in [3.63, 3.8) is 0 Å². The van der Waals surface area contributed by atoms with Gasteiger partial charge in [0.1, 0.15) is 0 Å². The quantitative estimate of drug-likeness (QED) is 0.569. The molecular formula is C8H12N2O3S. The Labute approximate surface area is 82.8 Å². The van der Waals surface area contributed by atoms with Crippen molar-refractivity contribution < 1.29 is 12.6 Å². The Morgan fingerprint density at radius 1 is 1.36 bits per heavy atom. The van der Waals surface area contributed by atoms with E-state index in [1.807, 2.05) is 0 Å². The fourth-order valence-corrected chi connectivity index (χ4v) is 1.38. The van der Waals surface area contributed by atoms with Gasteiger partial charge in [-0.15, -0.1) is 0 Å². The summed E-state index contributed by atoms with van der Waals surface area (Å²) < 4.78 is 26.9. The van der Waals surface area contributed by atoms with Crippen LogP contribution in [0.2, 0.25) is 0 Å². The molecule has 1 aromatic rings. The Balaban J connectivity index is 2.99. The van der Waals surface area contributed by atoms with Gasteiger partial charge in [0.15, 0.2) is 5.75 Å². The minimum Gasteiger partial charge on any atom is -0.399 e. The Morgan fingerprint density at radius 3 is 2.50 bits per heavy atom. The van der Waals surface area contributed by atoms with Crippen LogP contribution in [0, 0.1) is 0 Å². The zero-order chi connectivity index (χ0) is 10.8. The largest absolute Gasteiger partial charge is 0.399 e. The molecule has 0 amide bonds. The van der Waals surface area contributed by atoms with E-state index in [9.17, 15) is 8.42 Å². The van der Waals surface area contributed by atoms with E-state index in [1.54, 1.807) is 0 Å². The van der Waals surface area contributed by atoms with E-state index in [4.69, 9.17) is 15.7 Å². The molecule has 0 aliphatic heterocycles. The van der Waals surface area contributed by atoms with Gasteiger partial charge in [-0.2, -0.15) is 8.42 Å². The predicted octanol–water partition coefficient (Wildman–Crippen LogP) is 0.580. The first-order valence-corrected chi connectivity index (χ1v) is 5.59. The molecule has 0 aliphatic rings. The van der Waals surface area contributed by atoms with E-state index in [-0.39, 0.29) is 17.2 Å². The fraction of sp³-hybridized carbons (Fsp3) is 0.250. The van der Waals surface area contributed by atoms with Crippen LogP contribution in [-0.4, -0.2) is 14.2 Å². The van der Waals surface area contributed by atoms with Crippen molar-refractivity contribution >= 4 is 21.5 Å². The number of benzene rings is 1. The van der Waals surface area contributed by atoms with Gasteiger partial charge in [0.05, 0.1) is 11.4 Å². The molecular weight excluding hydrogens is 204 g/mol. The maximum Gasteiger partial charge on any atom is 0.308 e. The molecule has 0 radical (unpaired) electrons. The van der Waals surface area contributed by atoms with Crippen LogP contribution in [0.5, 0.6) is 5.75 Å². The predicted molar refractivity (Wildman–Crippen MR) is 55.4 cm³/mol. The summed E-state index contributed by atoms with van der Waals surface area (Å²) in [5.41, 5.74) is 11.6. The lowest BCUT2D eigenvalue weighted by molar-refractivity contribution is 0.488. The Morgan fingerprint density at radius 2 is 2.00 bits per heavy atom. The number of rotatable bonds is 3. The van der Waals surface area contributed by atoms with Crippen molar-refractivity contribution in [3.05, 3.63) is 18.2 Å². The molecule has 0 aliphatic carbocycles. The van der Waals surface area contributed by atoms with E-state index in [0.717, 1.165) is 0 Å². The van der Waals surface area contributed by atoms with E-state index in [2.05, 4.69) is 0 Å². The zero-order valence-corrected chi connectivity index (χ0v) is 8.54. The molecule has 5 nitrogen and oxygen atoms in total. The summed E-state index contributed by atoms with van der Waals surface area (Å²) in [6.07, 6.45) is 0. The average molecular weight is 216 g/mol. The third-order valence-electron chi connectivity index (χ3n) is 1.60. The highest BCUT2D eigenvalue weighted by Gasteiger charge is 2.11. The summed E-state index contributed by atoms with van der Waals surface area (Å²) >= 11 is 0. The normalized spacial score (nSPS) is 11.2. The average Bonchev–Trinajstić information content (AvgIpc) is 2.10. The summed E-state index contributed by atoms with van der Waals surface area (Å²) in [5.74, 6) is 0.0117. The van der Waals surface area contributed by atoms with E-state index in [0.29, 0.717) is 5.69 Å². The lowest BCUT2D eigenvalue weighted by atomic mass is 10.3. The molecule has 0 heterocycles. The van der Waals surface area contributed by atoms with Gasteiger partial charge >= 0.3 is 10.1 Å². The lowest BCUT2D eigenvalue weighted by Crippen LogP contribution is -2.12. The zero-order valence-electron chi connectivity index (χ0n) is 7.73. The molecule has 0 bridgehead atoms.